The number of pyridine rings is 1. The number of hydrogen-bond donors (Lipinski definition) is 1. The lowest BCUT2D eigenvalue weighted by Gasteiger charge is -2.40. The lowest BCUT2D eigenvalue weighted by molar-refractivity contribution is 0.0673. The van der Waals surface area contributed by atoms with Crippen LogP contribution in [0.5, 0.6) is 0 Å². The van der Waals surface area contributed by atoms with Crippen molar-refractivity contribution in [3.05, 3.63) is 82.7 Å². The Bertz CT molecular complexity index is 1520. The summed E-state index contributed by atoms with van der Waals surface area (Å²) < 4.78 is 0. The molecule has 0 spiro atoms. The number of rotatable bonds is 5. The number of hydrogen-bond acceptors (Lipinski definition) is 6. The van der Waals surface area contributed by atoms with Gasteiger partial charge in [-0.2, -0.15) is 5.10 Å². The van der Waals surface area contributed by atoms with Crippen LogP contribution < -0.4 is 9.80 Å². The normalized spacial score (nSPS) is 18.5. The highest BCUT2D eigenvalue weighted by molar-refractivity contribution is 5.96. The number of nitrogens with zero attached hydrogens (tertiary/aromatic N) is 6. The number of anilines is 2. The van der Waals surface area contributed by atoms with Gasteiger partial charge in [0, 0.05) is 81.2 Å². The molecule has 1 N–H and O–H groups in total. The first-order valence-corrected chi connectivity index (χ1v) is 14.4. The van der Waals surface area contributed by atoms with Gasteiger partial charge in [0.2, 0.25) is 0 Å². The maximum atomic E-state index is 13.9. The van der Waals surface area contributed by atoms with Crippen LogP contribution in [0, 0.1) is 20.8 Å². The van der Waals surface area contributed by atoms with Crippen molar-refractivity contribution in [2.24, 2.45) is 0 Å². The van der Waals surface area contributed by atoms with Crippen molar-refractivity contribution in [2.75, 3.05) is 55.6 Å². The fourth-order valence-electron chi connectivity index (χ4n) is 6.30. The molecule has 2 aliphatic heterocycles. The smallest absolute Gasteiger partial charge is 0.254 e. The van der Waals surface area contributed by atoms with Crippen LogP contribution in [0.25, 0.3) is 10.9 Å². The fraction of sp³-hybridized carbons (Fsp3) is 0.406. The Morgan fingerprint density at radius 1 is 0.925 bits per heavy atom. The second-order valence-electron chi connectivity index (χ2n) is 11.4. The molecule has 0 aliphatic carbocycles. The van der Waals surface area contributed by atoms with Gasteiger partial charge in [-0.25, -0.2) is 4.98 Å². The molecule has 208 valence electrons. The number of benzene rings is 2. The molecular formula is C32H39N7O. The Balaban J connectivity index is 1.13. The third kappa shape index (κ3) is 5.04. The summed E-state index contributed by atoms with van der Waals surface area (Å²) in [6.45, 7) is 15.6. The van der Waals surface area contributed by atoms with Crippen molar-refractivity contribution in [1.29, 1.82) is 0 Å². The van der Waals surface area contributed by atoms with Crippen molar-refractivity contribution in [2.45, 2.75) is 40.3 Å². The average molecular weight is 538 g/mol. The quantitative estimate of drug-likeness (QED) is 0.403. The van der Waals surface area contributed by atoms with Crippen LogP contribution in [0.4, 0.5) is 11.5 Å². The van der Waals surface area contributed by atoms with Crippen molar-refractivity contribution >= 4 is 28.3 Å². The van der Waals surface area contributed by atoms with E-state index in [0.29, 0.717) is 6.54 Å². The summed E-state index contributed by atoms with van der Waals surface area (Å²) in [5.74, 6) is 1.04. The zero-order valence-electron chi connectivity index (χ0n) is 24.0. The molecule has 8 nitrogen and oxygen atoms in total. The van der Waals surface area contributed by atoms with Gasteiger partial charge in [-0.05, 0) is 68.1 Å². The predicted molar refractivity (Wildman–Crippen MR) is 161 cm³/mol. The number of carbonyl (C=O) groups is 1. The molecule has 0 radical (unpaired) electrons. The number of amides is 1. The Labute approximate surface area is 236 Å². The molecule has 2 aliphatic rings. The van der Waals surface area contributed by atoms with Crippen LogP contribution in [0.2, 0.25) is 0 Å². The number of aryl methyl sites for hydroxylation is 3. The summed E-state index contributed by atoms with van der Waals surface area (Å²) in [4.78, 5) is 27.8. The Kier molecular flexibility index (Phi) is 7.19. The van der Waals surface area contributed by atoms with E-state index in [9.17, 15) is 4.79 Å². The van der Waals surface area contributed by atoms with Crippen LogP contribution in [-0.4, -0.2) is 82.7 Å². The molecular weight excluding hydrogens is 498 g/mol. The number of carbonyl (C=O) groups excluding carboxylic acids is 1. The molecule has 1 atom stereocenters. The lowest BCUT2D eigenvalue weighted by atomic mass is 9.97. The van der Waals surface area contributed by atoms with E-state index in [2.05, 4.69) is 94.0 Å². The number of aromatic nitrogens is 3. The Morgan fingerprint density at radius 2 is 1.70 bits per heavy atom. The summed E-state index contributed by atoms with van der Waals surface area (Å²) in [5.41, 5.74) is 8.01. The minimum Gasteiger partial charge on any atom is -0.369 e. The van der Waals surface area contributed by atoms with Gasteiger partial charge in [0.25, 0.3) is 5.91 Å². The summed E-state index contributed by atoms with van der Waals surface area (Å²) in [5, 5.41) is 8.32. The Hall–Kier alpha value is -3.91. The second kappa shape index (κ2) is 10.9. The monoisotopic (exact) mass is 537 g/mol. The van der Waals surface area contributed by atoms with Gasteiger partial charge < -0.3 is 14.7 Å². The largest absolute Gasteiger partial charge is 0.369 e. The molecule has 6 rings (SSSR count). The number of aromatic amines is 1. The van der Waals surface area contributed by atoms with E-state index in [1.165, 1.54) is 22.4 Å². The van der Waals surface area contributed by atoms with Gasteiger partial charge >= 0.3 is 0 Å². The first kappa shape index (κ1) is 26.3. The Morgan fingerprint density at radius 3 is 2.48 bits per heavy atom. The van der Waals surface area contributed by atoms with Gasteiger partial charge in [-0.1, -0.05) is 24.3 Å². The van der Waals surface area contributed by atoms with Gasteiger partial charge in [0.15, 0.2) is 5.82 Å². The van der Waals surface area contributed by atoms with E-state index < -0.39 is 0 Å². The van der Waals surface area contributed by atoms with Crippen LogP contribution in [0.3, 0.4) is 0 Å². The van der Waals surface area contributed by atoms with E-state index in [0.717, 1.165) is 73.7 Å². The average Bonchev–Trinajstić information content (AvgIpc) is 3.44. The zero-order valence-corrected chi connectivity index (χ0v) is 24.0. The molecule has 0 saturated carbocycles. The molecule has 1 amide bonds. The summed E-state index contributed by atoms with van der Waals surface area (Å²) in [6, 6.07) is 15.0. The highest BCUT2D eigenvalue weighted by Gasteiger charge is 2.31. The van der Waals surface area contributed by atoms with Crippen molar-refractivity contribution in [3.8, 4) is 0 Å². The molecule has 0 unspecified atom stereocenters. The molecule has 2 saturated heterocycles. The number of para-hydroxylation sites is 1. The topological polar surface area (TPSA) is 71.6 Å². The van der Waals surface area contributed by atoms with Crippen LogP contribution in [-0.2, 0) is 6.54 Å². The number of nitrogens with one attached hydrogen (secondary N) is 1. The maximum absolute atomic E-state index is 13.9. The van der Waals surface area contributed by atoms with E-state index >= 15 is 0 Å². The third-order valence-corrected chi connectivity index (χ3v) is 8.67. The molecule has 0 bridgehead atoms. The van der Waals surface area contributed by atoms with Gasteiger partial charge in [-0.3, -0.25) is 14.8 Å². The lowest BCUT2D eigenvalue weighted by Crippen LogP contribution is -2.54. The highest BCUT2D eigenvalue weighted by atomic mass is 16.2. The van der Waals surface area contributed by atoms with E-state index in [1.54, 1.807) is 0 Å². The second-order valence-corrected chi connectivity index (χ2v) is 11.4. The number of fused-ring (bicyclic) bond motifs is 1. The highest BCUT2D eigenvalue weighted by Crippen LogP contribution is 2.27. The van der Waals surface area contributed by atoms with Crippen molar-refractivity contribution < 1.29 is 4.79 Å². The van der Waals surface area contributed by atoms with Gasteiger partial charge in [-0.15, -0.1) is 0 Å². The number of H-pyrrole nitrogens is 1. The van der Waals surface area contributed by atoms with Gasteiger partial charge in [0.1, 0.15) is 5.52 Å². The first-order valence-electron chi connectivity index (χ1n) is 14.4. The predicted octanol–water partition coefficient (Wildman–Crippen LogP) is 4.56. The molecule has 2 fully saturated rings. The summed E-state index contributed by atoms with van der Waals surface area (Å²) >= 11 is 0. The van der Waals surface area contributed by atoms with Gasteiger partial charge in [0.05, 0.1) is 6.20 Å². The maximum Gasteiger partial charge on any atom is 0.254 e. The summed E-state index contributed by atoms with van der Waals surface area (Å²) in [7, 11) is 0. The fourth-order valence-corrected chi connectivity index (χ4v) is 6.30. The molecule has 8 heteroatoms. The minimum absolute atomic E-state index is 0.0694. The molecule has 4 aromatic rings. The third-order valence-electron chi connectivity index (χ3n) is 8.67. The van der Waals surface area contributed by atoms with Crippen LogP contribution in [0.15, 0.2) is 54.9 Å². The molecule has 2 aromatic heterocycles. The van der Waals surface area contributed by atoms with E-state index in [1.807, 2.05) is 23.4 Å². The standard InChI is InChI=1S/C32H39N7O/c1-22-7-5-6-8-29(22)37-13-11-36(12-14-37)21-27-18-28(24(3)17-23(27)2)32(40)39-16-15-38(20-25(39)4)31-30-26(9-10-33-31)19-34-35-30/h5-10,17-19,25H,11-16,20-21H2,1-4H3,(H,34,35)/t25-/m0/s1. The van der Waals surface area contributed by atoms with Crippen molar-refractivity contribution in [1.82, 2.24) is 25.0 Å². The SMILES string of the molecule is Cc1cc(C)c(C(=O)N2CCN(c3nccc4cn[nH]c34)C[C@@H]2C)cc1CN1CCN(c2ccccc2C)CC1. The first-order chi connectivity index (χ1) is 19.4. The molecule has 4 heterocycles. The van der Waals surface area contributed by atoms with E-state index in [4.69, 9.17) is 0 Å². The number of piperazine rings is 2. The molecule has 40 heavy (non-hydrogen) atoms. The summed E-state index contributed by atoms with van der Waals surface area (Å²) in [6.07, 6.45) is 3.65. The van der Waals surface area contributed by atoms with Crippen molar-refractivity contribution in [3.63, 3.8) is 0 Å². The molecule has 2 aromatic carbocycles. The van der Waals surface area contributed by atoms with Crippen LogP contribution in [0.1, 0.15) is 39.5 Å². The van der Waals surface area contributed by atoms with Crippen LogP contribution >= 0.6 is 0 Å². The zero-order chi connectivity index (χ0) is 27.8. The van der Waals surface area contributed by atoms with E-state index in [-0.39, 0.29) is 11.9 Å². The minimum atomic E-state index is 0.0694.